The van der Waals surface area contributed by atoms with Gasteiger partial charge < -0.3 is 10.6 Å². The van der Waals surface area contributed by atoms with E-state index in [1.807, 2.05) is 31.2 Å². The monoisotopic (exact) mass is 448 g/mol. The van der Waals surface area contributed by atoms with E-state index in [0.717, 1.165) is 5.56 Å². The van der Waals surface area contributed by atoms with Crippen LogP contribution in [0.5, 0.6) is 0 Å². The van der Waals surface area contributed by atoms with E-state index in [1.54, 1.807) is 12.3 Å². The first-order valence-corrected chi connectivity index (χ1v) is 7.43. The molecule has 2 N–H and O–H groups in total. The van der Waals surface area contributed by atoms with E-state index in [9.17, 15) is 4.39 Å². The van der Waals surface area contributed by atoms with Crippen LogP contribution in [0.25, 0.3) is 0 Å². The van der Waals surface area contributed by atoms with Crippen LogP contribution in [0.4, 0.5) is 4.39 Å². The minimum atomic E-state index is -0.336. The lowest BCUT2D eigenvalue weighted by molar-refractivity contribution is 0.592. The molecule has 7 heteroatoms. The second-order valence-electron chi connectivity index (χ2n) is 4.57. The van der Waals surface area contributed by atoms with Crippen LogP contribution in [0.3, 0.4) is 0 Å². The number of nitrogens with one attached hydrogen (secondary N) is 2. The first-order valence-electron chi connectivity index (χ1n) is 7.05. The normalized spacial score (nSPS) is 10.8. The minimum Gasteiger partial charge on any atom is -0.357 e. The lowest BCUT2D eigenvalue weighted by Gasteiger charge is -2.11. The number of rotatable bonds is 5. The van der Waals surface area contributed by atoms with E-state index in [2.05, 4.69) is 20.6 Å². The molecule has 2 rings (SSSR count). The van der Waals surface area contributed by atoms with Crippen LogP contribution >= 0.6 is 35.6 Å². The Bertz CT molecular complexity index is 651. The fourth-order valence-corrected chi connectivity index (χ4v) is 2.04. The van der Waals surface area contributed by atoms with Crippen molar-refractivity contribution in [2.75, 3.05) is 6.54 Å². The van der Waals surface area contributed by atoms with Crippen LogP contribution in [0, 0.1) is 5.82 Å². The van der Waals surface area contributed by atoms with Crippen LogP contribution in [0.1, 0.15) is 18.2 Å². The Kier molecular flexibility index (Phi) is 8.86. The molecule has 1 aromatic heterocycles. The SMILES string of the molecule is CCNC(=NCc1ccccc1Cl)NCc1ncccc1F.I. The maximum absolute atomic E-state index is 13.5. The predicted octanol–water partition coefficient (Wildman–Crippen LogP) is 3.75. The van der Waals surface area contributed by atoms with E-state index >= 15 is 0 Å². The van der Waals surface area contributed by atoms with Crippen molar-refractivity contribution in [3.63, 3.8) is 0 Å². The van der Waals surface area contributed by atoms with Gasteiger partial charge in [-0.2, -0.15) is 0 Å². The molecular formula is C16H19ClFIN4. The van der Waals surface area contributed by atoms with Crippen LogP contribution < -0.4 is 10.6 Å². The maximum Gasteiger partial charge on any atom is 0.191 e. The molecule has 4 nitrogen and oxygen atoms in total. The largest absolute Gasteiger partial charge is 0.357 e. The lowest BCUT2D eigenvalue weighted by Crippen LogP contribution is -2.37. The van der Waals surface area contributed by atoms with Gasteiger partial charge in [-0.3, -0.25) is 4.98 Å². The third-order valence-electron chi connectivity index (χ3n) is 2.97. The topological polar surface area (TPSA) is 49.3 Å². The van der Waals surface area contributed by atoms with Gasteiger partial charge in [0.25, 0.3) is 0 Å². The molecule has 0 fully saturated rings. The van der Waals surface area contributed by atoms with Crippen molar-refractivity contribution < 1.29 is 4.39 Å². The Labute approximate surface area is 157 Å². The quantitative estimate of drug-likeness (QED) is 0.416. The number of guanidine groups is 1. The third-order valence-corrected chi connectivity index (χ3v) is 3.34. The summed E-state index contributed by atoms with van der Waals surface area (Å²) >= 11 is 6.11. The first-order chi connectivity index (χ1) is 10.7. The van der Waals surface area contributed by atoms with E-state index in [0.29, 0.717) is 29.8 Å². The number of benzene rings is 1. The van der Waals surface area contributed by atoms with Crippen molar-refractivity contribution >= 4 is 41.5 Å². The van der Waals surface area contributed by atoms with Gasteiger partial charge in [0, 0.05) is 17.8 Å². The second kappa shape index (κ2) is 10.4. The van der Waals surface area contributed by atoms with E-state index in [1.165, 1.54) is 6.07 Å². The zero-order valence-electron chi connectivity index (χ0n) is 12.7. The predicted molar refractivity (Wildman–Crippen MR) is 103 cm³/mol. The fraction of sp³-hybridized carbons (Fsp3) is 0.250. The summed E-state index contributed by atoms with van der Waals surface area (Å²) in [6, 6.07) is 10.5. The van der Waals surface area contributed by atoms with Gasteiger partial charge >= 0.3 is 0 Å². The van der Waals surface area contributed by atoms with Crippen molar-refractivity contribution in [1.82, 2.24) is 15.6 Å². The number of aliphatic imine (C=N–C) groups is 1. The van der Waals surface area contributed by atoms with Crippen molar-refractivity contribution in [1.29, 1.82) is 0 Å². The molecule has 23 heavy (non-hydrogen) atoms. The molecule has 0 saturated carbocycles. The van der Waals surface area contributed by atoms with E-state index in [4.69, 9.17) is 11.6 Å². The van der Waals surface area contributed by atoms with Gasteiger partial charge in [0.05, 0.1) is 18.8 Å². The maximum atomic E-state index is 13.5. The van der Waals surface area contributed by atoms with Gasteiger partial charge in [-0.15, -0.1) is 24.0 Å². The van der Waals surface area contributed by atoms with Gasteiger partial charge in [0.1, 0.15) is 5.82 Å². The number of nitrogens with zero attached hydrogens (tertiary/aromatic N) is 2. The van der Waals surface area contributed by atoms with E-state index in [-0.39, 0.29) is 36.3 Å². The first kappa shape index (κ1) is 19.6. The standard InChI is InChI=1S/C16H18ClFN4.HI/c1-2-19-16(21-10-12-6-3-4-7-13(12)17)22-11-15-14(18)8-5-9-20-15;/h3-9H,2,10-11H2,1H3,(H2,19,21,22);1H. The summed E-state index contributed by atoms with van der Waals surface area (Å²) in [5, 5.41) is 6.85. The molecule has 0 aliphatic carbocycles. The molecule has 0 atom stereocenters. The molecule has 0 saturated heterocycles. The van der Waals surface area contributed by atoms with Crippen LogP contribution in [-0.4, -0.2) is 17.5 Å². The number of hydrogen-bond donors (Lipinski definition) is 2. The highest BCUT2D eigenvalue weighted by Gasteiger charge is 2.04. The Hall–Kier alpha value is -1.41. The van der Waals surface area contributed by atoms with Crippen LogP contribution in [0.15, 0.2) is 47.6 Å². The smallest absolute Gasteiger partial charge is 0.191 e. The third kappa shape index (κ3) is 6.31. The summed E-state index contributed by atoms with van der Waals surface area (Å²) in [4.78, 5) is 8.45. The highest BCUT2D eigenvalue weighted by atomic mass is 127. The Balaban J connectivity index is 0.00000264. The summed E-state index contributed by atoms with van der Waals surface area (Å²) in [6.07, 6.45) is 1.56. The number of hydrogen-bond acceptors (Lipinski definition) is 2. The van der Waals surface area contributed by atoms with Crippen molar-refractivity contribution in [3.05, 3.63) is 64.7 Å². The molecular weight excluding hydrogens is 430 g/mol. The summed E-state index contributed by atoms with van der Waals surface area (Å²) in [5.74, 6) is 0.254. The molecule has 0 unspecified atom stereocenters. The zero-order chi connectivity index (χ0) is 15.8. The van der Waals surface area contributed by atoms with Gasteiger partial charge in [-0.25, -0.2) is 9.38 Å². The average molecular weight is 449 g/mol. The minimum absolute atomic E-state index is 0. The second-order valence-corrected chi connectivity index (χ2v) is 4.98. The number of aromatic nitrogens is 1. The molecule has 0 spiro atoms. The molecule has 0 aliphatic heterocycles. The number of halogens is 3. The molecule has 0 amide bonds. The molecule has 1 aromatic carbocycles. The van der Waals surface area contributed by atoms with Gasteiger partial charge in [-0.05, 0) is 30.7 Å². The van der Waals surface area contributed by atoms with Gasteiger partial charge in [0.15, 0.2) is 5.96 Å². The van der Waals surface area contributed by atoms with Gasteiger partial charge in [-0.1, -0.05) is 29.8 Å². The highest BCUT2D eigenvalue weighted by molar-refractivity contribution is 14.0. The Morgan fingerprint density at radius 1 is 1.22 bits per heavy atom. The average Bonchev–Trinajstić information content (AvgIpc) is 2.53. The zero-order valence-corrected chi connectivity index (χ0v) is 15.8. The Morgan fingerprint density at radius 2 is 2.00 bits per heavy atom. The molecule has 0 radical (unpaired) electrons. The fourth-order valence-electron chi connectivity index (χ4n) is 1.85. The van der Waals surface area contributed by atoms with E-state index < -0.39 is 0 Å². The molecule has 1 heterocycles. The van der Waals surface area contributed by atoms with Gasteiger partial charge in [0.2, 0.25) is 0 Å². The summed E-state index contributed by atoms with van der Waals surface area (Å²) in [7, 11) is 0. The van der Waals surface area contributed by atoms with Crippen LogP contribution in [-0.2, 0) is 13.1 Å². The molecule has 0 aliphatic rings. The highest BCUT2D eigenvalue weighted by Crippen LogP contribution is 2.15. The lowest BCUT2D eigenvalue weighted by atomic mass is 10.2. The summed E-state index contributed by atoms with van der Waals surface area (Å²) in [5.41, 5.74) is 1.29. The Morgan fingerprint density at radius 3 is 2.70 bits per heavy atom. The molecule has 0 bridgehead atoms. The van der Waals surface area contributed by atoms with Crippen LogP contribution in [0.2, 0.25) is 5.02 Å². The van der Waals surface area contributed by atoms with Crippen molar-refractivity contribution in [2.24, 2.45) is 4.99 Å². The summed E-state index contributed by atoms with van der Waals surface area (Å²) in [6.45, 7) is 3.38. The molecule has 2 aromatic rings. The van der Waals surface area contributed by atoms with Crippen molar-refractivity contribution in [2.45, 2.75) is 20.0 Å². The van der Waals surface area contributed by atoms with Crippen molar-refractivity contribution in [3.8, 4) is 0 Å². The number of pyridine rings is 1. The molecule has 124 valence electrons. The summed E-state index contributed by atoms with van der Waals surface area (Å²) < 4.78 is 13.5.